The lowest BCUT2D eigenvalue weighted by Gasteiger charge is -2.31. The van der Waals surface area contributed by atoms with Crippen molar-refractivity contribution in [1.29, 1.82) is 0 Å². The van der Waals surface area contributed by atoms with Gasteiger partial charge in [-0.3, -0.25) is 9.59 Å². The summed E-state index contributed by atoms with van der Waals surface area (Å²) in [4.78, 5) is 43.0. The maximum Gasteiger partial charge on any atom is 0.343 e. The molecule has 36 heavy (non-hydrogen) atoms. The van der Waals surface area contributed by atoms with Crippen molar-refractivity contribution in [1.82, 2.24) is 14.9 Å². The molecule has 3 aromatic rings. The molecular weight excluding hydrogens is 469 g/mol. The number of esters is 1. The number of ether oxygens (including phenoxy) is 1. The number of halogens is 1. The highest BCUT2D eigenvalue weighted by molar-refractivity contribution is 5.91. The number of hydrogen-bond acceptors (Lipinski definition) is 7. The molecule has 3 N–H and O–H groups in total. The van der Waals surface area contributed by atoms with Crippen LogP contribution in [0.1, 0.15) is 54.0 Å². The number of cyclic esters (lactones) is 1. The molecule has 6 rings (SSSR count). The molecule has 1 unspecified atom stereocenters. The predicted molar refractivity (Wildman–Crippen MR) is 125 cm³/mol. The van der Waals surface area contributed by atoms with E-state index in [1.54, 1.807) is 26.0 Å². The van der Waals surface area contributed by atoms with Crippen LogP contribution >= 0.6 is 0 Å². The first-order valence-corrected chi connectivity index (χ1v) is 11.9. The van der Waals surface area contributed by atoms with Gasteiger partial charge < -0.3 is 24.8 Å². The summed E-state index contributed by atoms with van der Waals surface area (Å²) in [7, 11) is 0. The van der Waals surface area contributed by atoms with E-state index in [4.69, 9.17) is 4.74 Å². The zero-order chi connectivity index (χ0) is 25.6. The van der Waals surface area contributed by atoms with E-state index in [0.29, 0.717) is 51.8 Å². The number of carbonyl (C=O) groups excluding carboxylic acids is 2. The SMILES string of the molecule is CCC1(O)C(=O)OCc2c1cc1n(c2=O)Cc2c-1nc1cc(F)c(C)cc1c2CNC(=O)C1(O)CC1. The smallest absolute Gasteiger partial charge is 0.343 e. The van der Waals surface area contributed by atoms with Crippen molar-refractivity contribution in [2.45, 2.75) is 64.0 Å². The summed E-state index contributed by atoms with van der Waals surface area (Å²) in [5.74, 6) is -1.74. The van der Waals surface area contributed by atoms with Gasteiger partial charge in [-0.15, -0.1) is 0 Å². The second-order valence-electron chi connectivity index (χ2n) is 9.85. The summed E-state index contributed by atoms with van der Waals surface area (Å²) in [6, 6.07) is 4.55. The van der Waals surface area contributed by atoms with Gasteiger partial charge >= 0.3 is 5.97 Å². The topological polar surface area (TPSA) is 131 Å². The summed E-state index contributed by atoms with van der Waals surface area (Å²) in [6.07, 6.45) is 0.808. The Balaban J connectivity index is 1.56. The number of carbonyl (C=O) groups is 2. The lowest BCUT2D eigenvalue weighted by molar-refractivity contribution is -0.172. The highest BCUT2D eigenvalue weighted by atomic mass is 19.1. The Morgan fingerprint density at radius 3 is 2.67 bits per heavy atom. The van der Waals surface area contributed by atoms with Crippen LogP contribution in [0.25, 0.3) is 22.3 Å². The lowest BCUT2D eigenvalue weighted by atomic mass is 9.86. The minimum Gasteiger partial charge on any atom is -0.458 e. The van der Waals surface area contributed by atoms with Gasteiger partial charge in [-0.1, -0.05) is 6.92 Å². The second-order valence-corrected chi connectivity index (χ2v) is 9.85. The molecule has 0 saturated heterocycles. The second kappa shape index (κ2) is 7.44. The molecule has 1 fully saturated rings. The number of nitrogens with one attached hydrogen (secondary N) is 1. The number of fused-ring (bicyclic) bond motifs is 5. The molecule has 2 aromatic heterocycles. The summed E-state index contributed by atoms with van der Waals surface area (Å²) in [5, 5.41) is 24.6. The van der Waals surface area contributed by atoms with Crippen molar-refractivity contribution < 1.29 is 28.9 Å². The Morgan fingerprint density at radius 1 is 1.22 bits per heavy atom. The van der Waals surface area contributed by atoms with Crippen LogP contribution in [0.2, 0.25) is 0 Å². The van der Waals surface area contributed by atoms with Gasteiger partial charge in [0.25, 0.3) is 11.5 Å². The van der Waals surface area contributed by atoms with Crippen LogP contribution in [0, 0.1) is 12.7 Å². The van der Waals surface area contributed by atoms with Gasteiger partial charge in [-0.05, 0) is 49.4 Å². The van der Waals surface area contributed by atoms with Crippen molar-refractivity contribution in [3.05, 3.63) is 62.2 Å². The summed E-state index contributed by atoms with van der Waals surface area (Å²) in [5.41, 5.74) is -0.442. The third-order valence-corrected chi connectivity index (χ3v) is 7.66. The fourth-order valence-electron chi connectivity index (χ4n) is 5.17. The van der Waals surface area contributed by atoms with E-state index in [9.17, 15) is 29.0 Å². The van der Waals surface area contributed by atoms with Crippen molar-refractivity contribution in [2.75, 3.05) is 0 Å². The number of aryl methyl sites for hydroxylation is 1. The molecule has 1 aromatic carbocycles. The minimum atomic E-state index is -1.96. The number of benzene rings is 1. The van der Waals surface area contributed by atoms with Crippen LogP contribution in [-0.4, -0.2) is 37.2 Å². The maximum atomic E-state index is 14.5. The van der Waals surface area contributed by atoms with Gasteiger partial charge in [-0.2, -0.15) is 0 Å². The van der Waals surface area contributed by atoms with E-state index in [-0.39, 0.29) is 37.2 Å². The van der Waals surface area contributed by atoms with E-state index in [1.807, 2.05) is 0 Å². The van der Waals surface area contributed by atoms with Crippen LogP contribution in [0.4, 0.5) is 4.39 Å². The largest absolute Gasteiger partial charge is 0.458 e. The van der Waals surface area contributed by atoms with E-state index >= 15 is 0 Å². The number of hydrogen-bond donors (Lipinski definition) is 3. The Morgan fingerprint density at radius 2 is 1.97 bits per heavy atom. The molecule has 4 heterocycles. The number of amides is 1. The lowest BCUT2D eigenvalue weighted by Crippen LogP contribution is -2.44. The zero-order valence-corrected chi connectivity index (χ0v) is 19.8. The quantitative estimate of drug-likeness (QED) is 0.369. The van der Waals surface area contributed by atoms with Crippen LogP contribution in [-0.2, 0) is 39.6 Å². The number of aliphatic hydroxyl groups is 2. The first-order valence-electron chi connectivity index (χ1n) is 11.9. The highest BCUT2D eigenvalue weighted by Gasteiger charge is 2.48. The number of nitrogens with zero attached hydrogens (tertiary/aromatic N) is 2. The highest BCUT2D eigenvalue weighted by Crippen LogP contribution is 2.41. The molecule has 0 bridgehead atoms. The number of rotatable bonds is 4. The first kappa shape index (κ1) is 22.8. The molecule has 1 amide bonds. The van der Waals surface area contributed by atoms with Crippen LogP contribution in [0.5, 0.6) is 0 Å². The molecule has 3 aliphatic rings. The predicted octanol–water partition coefficient (Wildman–Crippen LogP) is 1.67. The molecule has 1 aliphatic carbocycles. The van der Waals surface area contributed by atoms with Crippen LogP contribution in [0.15, 0.2) is 23.0 Å². The van der Waals surface area contributed by atoms with Gasteiger partial charge in [0.15, 0.2) is 5.60 Å². The summed E-state index contributed by atoms with van der Waals surface area (Å²) >= 11 is 0. The molecule has 10 heteroatoms. The van der Waals surface area contributed by atoms with E-state index in [2.05, 4.69) is 10.3 Å². The fourth-order valence-corrected chi connectivity index (χ4v) is 5.17. The molecule has 9 nitrogen and oxygen atoms in total. The number of pyridine rings is 2. The first-order chi connectivity index (χ1) is 17.1. The van der Waals surface area contributed by atoms with Crippen molar-refractivity contribution >= 4 is 22.8 Å². The molecule has 0 spiro atoms. The van der Waals surface area contributed by atoms with Gasteiger partial charge in [0.05, 0.1) is 29.0 Å². The normalized spacial score (nSPS) is 21.0. The third kappa shape index (κ3) is 3.07. The molecule has 1 saturated carbocycles. The Bertz CT molecular complexity index is 1570. The van der Waals surface area contributed by atoms with E-state index in [1.165, 1.54) is 10.6 Å². The zero-order valence-electron chi connectivity index (χ0n) is 19.8. The molecule has 186 valence electrons. The summed E-state index contributed by atoms with van der Waals surface area (Å²) < 4.78 is 21.1. The van der Waals surface area contributed by atoms with E-state index < -0.39 is 34.5 Å². The van der Waals surface area contributed by atoms with Gasteiger partial charge in [0.2, 0.25) is 0 Å². The average molecular weight is 493 g/mol. The molecule has 1 atom stereocenters. The minimum absolute atomic E-state index is 0.0183. The Kier molecular flexibility index (Phi) is 4.71. The average Bonchev–Trinajstić information content (AvgIpc) is 3.50. The fraction of sp³-hybridized carbons (Fsp3) is 0.385. The Labute approximate surface area is 204 Å². The number of aromatic nitrogens is 2. The van der Waals surface area contributed by atoms with Crippen LogP contribution < -0.4 is 10.9 Å². The van der Waals surface area contributed by atoms with Crippen molar-refractivity contribution in [2.24, 2.45) is 0 Å². The molecule has 0 radical (unpaired) electrons. The van der Waals surface area contributed by atoms with Gasteiger partial charge in [-0.25, -0.2) is 14.2 Å². The van der Waals surface area contributed by atoms with Gasteiger partial charge in [0, 0.05) is 29.1 Å². The standard InChI is InChI=1S/C26H24FN3O6/c1-3-26(35)17-7-20-21-15(10-30(20)22(31)16(17)11-36-24(26)33)14(9-28-23(32)25(34)4-5-25)13-6-12(2)18(27)8-19(13)29-21/h6-8,34-35H,3-5,9-11H2,1-2H3,(H,28,32). The van der Waals surface area contributed by atoms with Crippen LogP contribution in [0.3, 0.4) is 0 Å². The summed E-state index contributed by atoms with van der Waals surface area (Å²) in [6.45, 7) is 3.21. The third-order valence-electron chi connectivity index (χ3n) is 7.66. The van der Waals surface area contributed by atoms with E-state index in [0.717, 1.165) is 0 Å². The molecule has 2 aliphatic heterocycles. The van der Waals surface area contributed by atoms with Crippen molar-refractivity contribution in [3.63, 3.8) is 0 Å². The maximum absolute atomic E-state index is 14.5. The monoisotopic (exact) mass is 493 g/mol. The van der Waals surface area contributed by atoms with Crippen molar-refractivity contribution in [3.8, 4) is 11.4 Å². The van der Waals surface area contributed by atoms with Gasteiger partial charge in [0.1, 0.15) is 18.0 Å². The Hall–Kier alpha value is -3.63. The molecular formula is C26H24FN3O6.